The average Bonchev–Trinajstić information content (AvgIpc) is 3.31. The first kappa shape index (κ1) is 16.5. The summed E-state index contributed by atoms with van der Waals surface area (Å²) in [5.41, 5.74) is 3.63. The second-order valence-electron chi connectivity index (χ2n) is 6.73. The number of amides is 1. The van der Waals surface area contributed by atoms with E-state index < -0.39 is 0 Å². The van der Waals surface area contributed by atoms with Crippen LogP contribution >= 0.6 is 0 Å². The maximum absolute atomic E-state index is 12.6. The van der Waals surface area contributed by atoms with Gasteiger partial charge in [-0.05, 0) is 31.9 Å². The smallest absolute Gasteiger partial charge is 0.242 e. The standard InChI is InChI=1S/C19H20N6O/c1-12-5-2-3-6-13(12)17-22-16-10-25(11-20)9-14(16)18(23-17)24-19(26)15-7-4-8-21-15/h2-3,5-6,15,21H,4,7-10H2,1H3,(H,22,23,24,26). The molecule has 2 aromatic rings. The molecule has 4 rings (SSSR count). The molecule has 0 spiro atoms. The average molecular weight is 348 g/mol. The highest BCUT2D eigenvalue weighted by Crippen LogP contribution is 2.30. The van der Waals surface area contributed by atoms with Gasteiger partial charge in [0.2, 0.25) is 5.91 Å². The van der Waals surface area contributed by atoms with Gasteiger partial charge in [-0.25, -0.2) is 9.97 Å². The molecule has 1 aromatic heterocycles. The van der Waals surface area contributed by atoms with E-state index in [1.165, 1.54) is 0 Å². The quantitative estimate of drug-likeness (QED) is 0.823. The van der Waals surface area contributed by atoms with E-state index in [1.54, 1.807) is 4.90 Å². The summed E-state index contributed by atoms with van der Waals surface area (Å²) in [5.74, 6) is 1.02. The maximum atomic E-state index is 12.6. The number of fused-ring (bicyclic) bond motifs is 1. The summed E-state index contributed by atoms with van der Waals surface area (Å²) in [6.45, 7) is 3.73. The summed E-state index contributed by atoms with van der Waals surface area (Å²) in [6, 6.07) is 7.71. The topological polar surface area (TPSA) is 93.9 Å². The molecule has 132 valence electrons. The van der Waals surface area contributed by atoms with E-state index in [2.05, 4.69) is 26.8 Å². The van der Waals surface area contributed by atoms with Crippen molar-refractivity contribution in [1.82, 2.24) is 20.2 Å². The van der Waals surface area contributed by atoms with E-state index in [1.807, 2.05) is 31.2 Å². The number of nitrogens with zero attached hydrogens (tertiary/aromatic N) is 4. The van der Waals surface area contributed by atoms with Gasteiger partial charge in [0, 0.05) is 11.1 Å². The number of hydrogen-bond acceptors (Lipinski definition) is 6. The number of carbonyl (C=O) groups is 1. The van der Waals surface area contributed by atoms with Crippen LogP contribution in [-0.2, 0) is 17.9 Å². The number of carbonyl (C=O) groups excluding carboxylic acids is 1. The lowest BCUT2D eigenvalue weighted by molar-refractivity contribution is -0.117. The second kappa shape index (κ2) is 6.73. The highest BCUT2D eigenvalue weighted by atomic mass is 16.2. The molecule has 0 saturated carbocycles. The summed E-state index contributed by atoms with van der Waals surface area (Å²) < 4.78 is 0. The Labute approximate surface area is 152 Å². The summed E-state index contributed by atoms with van der Waals surface area (Å²) >= 11 is 0. The number of anilines is 1. The van der Waals surface area contributed by atoms with Gasteiger partial charge in [0.05, 0.1) is 24.8 Å². The zero-order chi connectivity index (χ0) is 18.1. The summed E-state index contributed by atoms with van der Waals surface area (Å²) in [7, 11) is 0. The lowest BCUT2D eigenvalue weighted by Gasteiger charge is -2.14. The number of nitrogens with one attached hydrogen (secondary N) is 2. The van der Waals surface area contributed by atoms with E-state index in [-0.39, 0.29) is 11.9 Å². The lowest BCUT2D eigenvalue weighted by Crippen LogP contribution is -2.36. The van der Waals surface area contributed by atoms with Crippen molar-refractivity contribution >= 4 is 11.7 Å². The number of hydrogen-bond donors (Lipinski definition) is 2. The van der Waals surface area contributed by atoms with Crippen LogP contribution in [0.15, 0.2) is 24.3 Å². The highest BCUT2D eigenvalue weighted by molar-refractivity contribution is 5.95. The monoisotopic (exact) mass is 348 g/mol. The van der Waals surface area contributed by atoms with Gasteiger partial charge in [0.25, 0.3) is 0 Å². The van der Waals surface area contributed by atoms with Crippen molar-refractivity contribution in [2.45, 2.75) is 38.9 Å². The van der Waals surface area contributed by atoms with E-state index in [9.17, 15) is 10.1 Å². The lowest BCUT2D eigenvalue weighted by atomic mass is 10.1. The summed E-state index contributed by atoms with van der Waals surface area (Å²) in [4.78, 5) is 23.5. The Bertz CT molecular complexity index is 897. The van der Waals surface area contributed by atoms with Crippen LogP contribution in [-0.4, -0.2) is 33.4 Å². The molecule has 1 fully saturated rings. The third kappa shape index (κ3) is 3.00. The Kier molecular flexibility index (Phi) is 4.27. The van der Waals surface area contributed by atoms with Gasteiger partial charge in [0.15, 0.2) is 12.0 Å². The van der Waals surface area contributed by atoms with E-state index in [0.717, 1.165) is 41.8 Å². The molecular weight excluding hydrogens is 328 g/mol. The first-order valence-electron chi connectivity index (χ1n) is 8.80. The maximum Gasteiger partial charge on any atom is 0.242 e. The van der Waals surface area contributed by atoms with Crippen LogP contribution in [0.4, 0.5) is 5.82 Å². The van der Waals surface area contributed by atoms with Crippen LogP contribution < -0.4 is 10.6 Å². The van der Waals surface area contributed by atoms with Gasteiger partial charge in [0.1, 0.15) is 5.82 Å². The Hall–Kier alpha value is -2.98. The Morgan fingerprint density at radius 3 is 2.92 bits per heavy atom. The minimum atomic E-state index is -0.184. The minimum absolute atomic E-state index is 0.0745. The fourth-order valence-electron chi connectivity index (χ4n) is 3.49. The minimum Gasteiger partial charge on any atom is -0.309 e. The van der Waals surface area contributed by atoms with Gasteiger partial charge < -0.3 is 15.5 Å². The van der Waals surface area contributed by atoms with Crippen molar-refractivity contribution in [3.8, 4) is 17.6 Å². The SMILES string of the molecule is Cc1ccccc1-c1nc2c(c(NC(=O)C3CCCN3)n1)CN(C#N)C2. The number of aryl methyl sites for hydroxylation is 1. The predicted molar refractivity (Wildman–Crippen MR) is 96.7 cm³/mol. The molecular formula is C19H20N6O. The van der Waals surface area contributed by atoms with Crippen molar-refractivity contribution in [3.63, 3.8) is 0 Å². The van der Waals surface area contributed by atoms with Gasteiger partial charge in [-0.2, -0.15) is 5.26 Å². The normalized spacial score (nSPS) is 18.5. The zero-order valence-electron chi connectivity index (χ0n) is 14.6. The molecule has 2 N–H and O–H groups in total. The molecule has 7 heteroatoms. The molecule has 0 bridgehead atoms. The number of aromatic nitrogens is 2. The van der Waals surface area contributed by atoms with E-state index >= 15 is 0 Å². The van der Waals surface area contributed by atoms with Gasteiger partial charge in [-0.3, -0.25) is 4.79 Å². The zero-order valence-corrected chi connectivity index (χ0v) is 14.6. The molecule has 7 nitrogen and oxygen atoms in total. The van der Waals surface area contributed by atoms with Gasteiger partial charge in [-0.15, -0.1) is 0 Å². The van der Waals surface area contributed by atoms with Crippen molar-refractivity contribution < 1.29 is 4.79 Å². The van der Waals surface area contributed by atoms with Crippen molar-refractivity contribution in [2.75, 3.05) is 11.9 Å². The van der Waals surface area contributed by atoms with Crippen LogP contribution in [0, 0.1) is 18.4 Å². The second-order valence-corrected chi connectivity index (χ2v) is 6.73. The molecule has 2 aliphatic rings. The van der Waals surface area contributed by atoms with Crippen LogP contribution in [0.2, 0.25) is 0 Å². The number of nitriles is 1. The molecule has 26 heavy (non-hydrogen) atoms. The van der Waals surface area contributed by atoms with Gasteiger partial charge >= 0.3 is 0 Å². The highest BCUT2D eigenvalue weighted by Gasteiger charge is 2.28. The van der Waals surface area contributed by atoms with E-state index in [0.29, 0.717) is 24.7 Å². The van der Waals surface area contributed by atoms with Crippen LogP contribution in [0.25, 0.3) is 11.4 Å². The molecule has 1 aromatic carbocycles. The molecule has 2 aliphatic heterocycles. The number of rotatable bonds is 3. The molecule has 1 unspecified atom stereocenters. The fourth-order valence-corrected chi connectivity index (χ4v) is 3.49. The first-order chi connectivity index (χ1) is 12.7. The Morgan fingerprint density at radius 2 is 2.19 bits per heavy atom. The fraction of sp³-hybridized carbons (Fsp3) is 0.368. The van der Waals surface area contributed by atoms with Crippen molar-refractivity contribution in [1.29, 1.82) is 5.26 Å². The Balaban J connectivity index is 1.73. The first-order valence-corrected chi connectivity index (χ1v) is 8.80. The van der Waals surface area contributed by atoms with Crippen LogP contribution in [0.3, 0.4) is 0 Å². The molecule has 1 amide bonds. The van der Waals surface area contributed by atoms with Crippen molar-refractivity contribution in [2.24, 2.45) is 0 Å². The van der Waals surface area contributed by atoms with Crippen molar-refractivity contribution in [3.05, 3.63) is 41.1 Å². The predicted octanol–water partition coefficient (Wildman–Crippen LogP) is 1.94. The summed E-state index contributed by atoms with van der Waals surface area (Å²) in [5, 5.41) is 15.4. The number of benzene rings is 1. The molecule has 3 heterocycles. The van der Waals surface area contributed by atoms with Crippen LogP contribution in [0.1, 0.15) is 29.7 Å². The molecule has 1 saturated heterocycles. The van der Waals surface area contributed by atoms with Crippen LogP contribution in [0.5, 0.6) is 0 Å². The third-order valence-electron chi connectivity index (χ3n) is 4.93. The third-order valence-corrected chi connectivity index (χ3v) is 4.93. The van der Waals surface area contributed by atoms with E-state index in [4.69, 9.17) is 0 Å². The summed E-state index contributed by atoms with van der Waals surface area (Å²) in [6.07, 6.45) is 3.98. The molecule has 1 atom stereocenters. The molecule has 0 radical (unpaired) electrons. The van der Waals surface area contributed by atoms with Gasteiger partial charge in [-0.1, -0.05) is 24.3 Å². The Morgan fingerprint density at radius 1 is 1.35 bits per heavy atom. The largest absolute Gasteiger partial charge is 0.309 e. The molecule has 0 aliphatic carbocycles.